The Bertz CT molecular complexity index is 164. The summed E-state index contributed by atoms with van der Waals surface area (Å²) < 4.78 is 0. The number of nitrogens with one attached hydrogen (secondary N) is 1. The first kappa shape index (κ1) is 6.43. The number of hydrogen-bond donors (Lipinski definition) is 1. The fraction of sp³-hybridized carbons (Fsp3) is 0.333. The molecule has 1 rings (SSSR count). The van der Waals surface area contributed by atoms with Gasteiger partial charge in [0.1, 0.15) is 0 Å². The van der Waals surface area contributed by atoms with Crippen molar-refractivity contribution < 1.29 is 0 Å². The van der Waals surface area contributed by atoms with E-state index >= 15 is 0 Å². The van der Waals surface area contributed by atoms with Gasteiger partial charge in [0, 0.05) is 0 Å². The van der Waals surface area contributed by atoms with Crippen LogP contribution < -0.4 is 5.32 Å². The Morgan fingerprint density at radius 1 is 1.78 bits per heavy atom. The third-order valence-electron chi connectivity index (χ3n) is 1.13. The van der Waals surface area contributed by atoms with Gasteiger partial charge in [-0.15, -0.1) is 0 Å². The maximum atomic E-state index is 3.90. The van der Waals surface area contributed by atoms with E-state index in [2.05, 4.69) is 10.2 Å². The van der Waals surface area contributed by atoms with Crippen molar-refractivity contribution in [1.82, 2.24) is 10.2 Å². The number of aromatic nitrogens is 1. The zero-order chi connectivity index (χ0) is 6.53. The molecule has 0 unspecified atom stereocenters. The molecule has 0 spiro atoms. The molecule has 0 amide bonds. The molecule has 1 aromatic rings. The van der Waals surface area contributed by atoms with Crippen LogP contribution in [0.25, 0.3) is 0 Å². The topological polar surface area (TPSA) is 24.9 Å². The molecule has 0 aliphatic heterocycles. The van der Waals surface area contributed by atoms with Crippen LogP contribution in [0.1, 0.15) is 5.56 Å². The average Bonchev–Trinajstić information content (AvgIpc) is 1.91. The van der Waals surface area contributed by atoms with Gasteiger partial charge in [0.05, 0.1) is 0 Å². The molecule has 1 heterocycles. The first-order valence-electron chi connectivity index (χ1n) is 2.97. The molecular formula is C6H9BN2. The van der Waals surface area contributed by atoms with Crippen LogP contribution in [0, 0.1) is 0 Å². The summed E-state index contributed by atoms with van der Waals surface area (Å²) >= 11 is 0. The minimum atomic E-state index is 0.919. The summed E-state index contributed by atoms with van der Waals surface area (Å²) in [6.45, 7) is 0.919. The summed E-state index contributed by atoms with van der Waals surface area (Å²) in [6, 6.07) is 2.00. The van der Waals surface area contributed by atoms with E-state index in [9.17, 15) is 0 Å². The van der Waals surface area contributed by atoms with Crippen LogP contribution in [0.4, 0.5) is 0 Å². The SMILES string of the molecule is CNCc1cbncc1. The van der Waals surface area contributed by atoms with Gasteiger partial charge >= 0.3 is 54.6 Å². The van der Waals surface area contributed by atoms with Gasteiger partial charge in [-0.25, -0.2) is 0 Å². The maximum absolute atomic E-state index is 3.90. The Morgan fingerprint density at radius 3 is 3.22 bits per heavy atom. The second-order valence-electron chi connectivity index (χ2n) is 1.89. The number of hydrogen-bond acceptors (Lipinski definition) is 2. The van der Waals surface area contributed by atoms with E-state index in [4.69, 9.17) is 0 Å². The summed E-state index contributed by atoms with van der Waals surface area (Å²) in [7, 11) is 3.73. The third-order valence-corrected chi connectivity index (χ3v) is 1.13. The predicted molar refractivity (Wildman–Crippen MR) is 38.3 cm³/mol. The van der Waals surface area contributed by atoms with Crippen molar-refractivity contribution in [1.29, 1.82) is 0 Å². The fourth-order valence-electron chi connectivity index (χ4n) is 0.705. The molecule has 0 aromatic carbocycles. The van der Waals surface area contributed by atoms with Gasteiger partial charge in [-0.2, -0.15) is 0 Å². The molecule has 2 nitrogen and oxygen atoms in total. The van der Waals surface area contributed by atoms with Crippen LogP contribution in [0.2, 0.25) is 0 Å². The normalized spacial score (nSPS) is 9.00. The third kappa shape index (κ3) is 1.94. The molecule has 1 N–H and O–H groups in total. The van der Waals surface area contributed by atoms with Crippen molar-refractivity contribution >= 4 is 7.05 Å². The Kier molecular flexibility index (Phi) is 2.39. The molecule has 0 saturated carbocycles. The Balaban J connectivity index is 2.61. The molecule has 1 aromatic heterocycles. The van der Waals surface area contributed by atoms with Crippen LogP contribution in [0.5, 0.6) is 0 Å². The zero-order valence-corrected chi connectivity index (χ0v) is 5.46. The van der Waals surface area contributed by atoms with E-state index in [-0.39, 0.29) is 0 Å². The molecule has 46 valence electrons. The van der Waals surface area contributed by atoms with E-state index in [1.807, 2.05) is 19.1 Å². The molecule has 9 heavy (non-hydrogen) atoms. The summed E-state index contributed by atoms with van der Waals surface area (Å²) in [4.78, 5) is 3.90. The first-order valence-corrected chi connectivity index (χ1v) is 2.97. The number of nitrogens with zero attached hydrogens (tertiary/aromatic N) is 1. The van der Waals surface area contributed by atoms with E-state index in [1.165, 1.54) is 5.56 Å². The van der Waals surface area contributed by atoms with Crippen LogP contribution in [-0.4, -0.2) is 19.0 Å². The van der Waals surface area contributed by atoms with Gasteiger partial charge in [-0.1, -0.05) is 0 Å². The molecule has 0 atom stereocenters. The quantitative estimate of drug-likeness (QED) is 0.600. The number of rotatable bonds is 2. The molecule has 3 heteroatoms. The standard InChI is InChI=1S/C6H9BN2/c1-8-5-6-2-3-9-7-4-6/h2-4,8H,5H2,1H3. The van der Waals surface area contributed by atoms with Crippen molar-refractivity contribution in [3.05, 3.63) is 23.8 Å². The van der Waals surface area contributed by atoms with Gasteiger partial charge in [0.2, 0.25) is 0 Å². The average molecular weight is 120 g/mol. The molecule has 0 aliphatic rings. The molecule has 0 aliphatic carbocycles. The van der Waals surface area contributed by atoms with Crippen molar-refractivity contribution in [3.8, 4) is 0 Å². The predicted octanol–water partition coefficient (Wildman–Crippen LogP) is 0.139. The molecule has 0 bridgehead atoms. The van der Waals surface area contributed by atoms with Crippen molar-refractivity contribution in [2.45, 2.75) is 6.54 Å². The Hall–Kier alpha value is -0.695. The van der Waals surface area contributed by atoms with E-state index in [0.29, 0.717) is 0 Å². The van der Waals surface area contributed by atoms with Gasteiger partial charge in [0.15, 0.2) is 0 Å². The van der Waals surface area contributed by atoms with Crippen molar-refractivity contribution in [2.75, 3.05) is 7.05 Å². The van der Waals surface area contributed by atoms with Gasteiger partial charge < -0.3 is 0 Å². The van der Waals surface area contributed by atoms with Gasteiger partial charge in [0.25, 0.3) is 0 Å². The summed E-state index contributed by atoms with van der Waals surface area (Å²) in [5, 5.41) is 3.06. The first-order chi connectivity index (χ1) is 4.43. The van der Waals surface area contributed by atoms with E-state index in [0.717, 1.165) is 6.54 Å². The van der Waals surface area contributed by atoms with Crippen molar-refractivity contribution in [3.63, 3.8) is 0 Å². The summed E-state index contributed by atoms with van der Waals surface area (Å²) in [6.07, 6.45) is 1.80. The molecule has 0 fully saturated rings. The Morgan fingerprint density at radius 2 is 2.67 bits per heavy atom. The second-order valence-corrected chi connectivity index (χ2v) is 1.89. The zero-order valence-electron chi connectivity index (χ0n) is 5.46. The monoisotopic (exact) mass is 120 g/mol. The second kappa shape index (κ2) is 3.35. The van der Waals surface area contributed by atoms with Crippen LogP contribution in [0.3, 0.4) is 0 Å². The molecular weight excluding hydrogens is 111 g/mol. The Labute approximate surface area is 55.6 Å². The minimum absolute atomic E-state index is 0.919. The van der Waals surface area contributed by atoms with Gasteiger partial charge in [-0.3, -0.25) is 0 Å². The van der Waals surface area contributed by atoms with Crippen LogP contribution >= 0.6 is 0 Å². The van der Waals surface area contributed by atoms with E-state index < -0.39 is 0 Å². The van der Waals surface area contributed by atoms with Crippen LogP contribution in [-0.2, 0) is 6.54 Å². The van der Waals surface area contributed by atoms with Gasteiger partial charge in [-0.05, 0) is 0 Å². The molecule has 0 radical (unpaired) electrons. The fourth-order valence-corrected chi connectivity index (χ4v) is 0.705. The molecule has 0 saturated heterocycles. The summed E-state index contributed by atoms with van der Waals surface area (Å²) in [5.41, 5.74) is 1.27. The van der Waals surface area contributed by atoms with Crippen molar-refractivity contribution in [2.24, 2.45) is 0 Å². The van der Waals surface area contributed by atoms with Crippen LogP contribution in [0.15, 0.2) is 18.2 Å². The van der Waals surface area contributed by atoms with E-state index in [1.54, 1.807) is 13.2 Å². The summed E-state index contributed by atoms with van der Waals surface area (Å²) in [5.74, 6) is 2.00.